The highest BCUT2D eigenvalue weighted by Gasteiger charge is 2.04. The maximum Gasteiger partial charge on any atom is 0.338 e. The van der Waals surface area contributed by atoms with Gasteiger partial charge in [0.2, 0.25) is 0 Å². The molecule has 0 aliphatic carbocycles. The van der Waals surface area contributed by atoms with Crippen molar-refractivity contribution < 1.29 is 14.3 Å². The van der Waals surface area contributed by atoms with E-state index in [0.717, 1.165) is 13.0 Å². The Morgan fingerprint density at radius 2 is 1.33 bits per heavy atom. The highest BCUT2D eigenvalue weighted by Crippen LogP contribution is 2.10. The molecular weight excluding hydrogens is 300 g/mol. The first-order chi connectivity index (χ1) is 11.8. The van der Waals surface area contributed by atoms with Gasteiger partial charge in [0.05, 0.1) is 12.2 Å². The molecule has 0 aliphatic rings. The Bertz CT molecular complexity index is 403. The molecular formula is C21H34O3. The van der Waals surface area contributed by atoms with Crippen LogP contribution in [0.2, 0.25) is 0 Å². The first-order valence-corrected chi connectivity index (χ1v) is 9.64. The van der Waals surface area contributed by atoms with E-state index in [1.54, 1.807) is 12.1 Å². The van der Waals surface area contributed by atoms with E-state index in [4.69, 9.17) is 9.47 Å². The zero-order valence-corrected chi connectivity index (χ0v) is 15.3. The van der Waals surface area contributed by atoms with Gasteiger partial charge in [-0.1, -0.05) is 82.9 Å². The molecule has 0 aromatic heterocycles. The maximum absolute atomic E-state index is 11.7. The number of rotatable bonds is 15. The Labute approximate surface area is 147 Å². The summed E-state index contributed by atoms with van der Waals surface area (Å²) in [5, 5.41) is 0. The van der Waals surface area contributed by atoms with Gasteiger partial charge in [-0.25, -0.2) is 4.79 Å². The van der Waals surface area contributed by atoms with Crippen LogP contribution in [-0.2, 0) is 9.47 Å². The van der Waals surface area contributed by atoms with Gasteiger partial charge in [-0.3, -0.25) is 0 Å². The van der Waals surface area contributed by atoms with Crippen LogP contribution in [0.3, 0.4) is 0 Å². The molecule has 0 fully saturated rings. The van der Waals surface area contributed by atoms with Crippen LogP contribution in [0.5, 0.6) is 0 Å². The third-order valence-corrected chi connectivity index (χ3v) is 4.11. The predicted molar refractivity (Wildman–Crippen MR) is 99.4 cm³/mol. The van der Waals surface area contributed by atoms with Gasteiger partial charge in [-0.15, -0.1) is 0 Å². The molecule has 0 atom stereocenters. The van der Waals surface area contributed by atoms with Crippen molar-refractivity contribution in [2.24, 2.45) is 0 Å². The summed E-state index contributed by atoms with van der Waals surface area (Å²) in [5.41, 5.74) is 0.590. The molecule has 3 heteroatoms. The summed E-state index contributed by atoms with van der Waals surface area (Å²) in [6.45, 7) is 3.83. The zero-order chi connectivity index (χ0) is 17.3. The minimum Gasteiger partial charge on any atom is -0.460 e. The summed E-state index contributed by atoms with van der Waals surface area (Å²) in [4.78, 5) is 11.7. The normalized spacial score (nSPS) is 10.7. The molecule has 0 aliphatic heterocycles. The molecule has 3 nitrogen and oxygen atoms in total. The molecule has 1 aromatic carbocycles. The molecule has 0 N–H and O–H groups in total. The summed E-state index contributed by atoms with van der Waals surface area (Å²) in [6, 6.07) is 9.06. The highest BCUT2D eigenvalue weighted by molar-refractivity contribution is 5.89. The van der Waals surface area contributed by atoms with Crippen LogP contribution in [-0.4, -0.2) is 25.8 Å². The van der Waals surface area contributed by atoms with Gasteiger partial charge < -0.3 is 9.47 Å². The van der Waals surface area contributed by atoms with E-state index in [0.29, 0.717) is 18.8 Å². The fourth-order valence-electron chi connectivity index (χ4n) is 2.64. The van der Waals surface area contributed by atoms with Crippen LogP contribution in [0.25, 0.3) is 0 Å². The fourth-order valence-corrected chi connectivity index (χ4v) is 2.64. The van der Waals surface area contributed by atoms with Gasteiger partial charge in [0.1, 0.15) is 6.61 Å². The average molecular weight is 334 g/mol. The van der Waals surface area contributed by atoms with Crippen molar-refractivity contribution >= 4 is 5.97 Å². The van der Waals surface area contributed by atoms with E-state index >= 15 is 0 Å². The first-order valence-electron chi connectivity index (χ1n) is 9.64. The van der Waals surface area contributed by atoms with Gasteiger partial charge >= 0.3 is 5.97 Å². The quantitative estimate of drug-likeness (QED) is 0.301. The molecule has 0 bridgehead atoms. The molecule has 1 aromatic rings. The lowest BCUT2D eigenvalue weighted by Crippen LogP contribution is -2.11. The molecule has 24 heavy (non-hydrogen) atoms. The Morgan fingerprint density at radius 1 is 0.750 bits per heavy atom. The van der Waals surface area contributed by atoms with E-state index in [1.807, 2.05) is 18.2 Å². The minimum absolute atomic E-state index is 0.280. The van der Waals surface area contributed by atoms with Crippen molar-refractivity contribution in [1.29, 1.82) is 0 Å². The number of ether oxygens (including phenoxy) is 2. The Kier molecular flexibility index (Phi) is 13.1. The molecule has 136 valence electrons. The van der Waals surface area contributed by atoms with E-state index in [-0.39, 0.29) is 5.97 Å². The number of carbonyl (C=O) groups is 1. The lowest BCUT2D eigenvalue weighted by atomic mass is 10.1. The second-order valence-electron chi connectivity index (χ2n) is 6.30. The molecule has 0 saturated carbocycles. The molecule has 0 radical (unpaired) electrons. The molecule has 1 rings (SSSR count). The largest absolute Gasteiger partial charge is 0.460 e. The van der Waals surface area contributed by atoms with Crippen LogP contribution in [0.4, 0.5) is 0 Å². The van der Waals surface area contributed by atoms with Gasteiger partial charge in [-0.2, -0.15) is 0 Å². The number of unbranched alkanes of at least 4 members (excludes halogenated alkanes) is 9. The molecule has 0 amide bonds. The summed E-state index contributed by atoms with van der Waals surface area (Å²) >= 11 is 0. The van der Waals surface area contributed by atoms with Gasteiger partial charge in [0, 0.05) is 6.61 Å². The van der Waals surface area contributed by atoms with Crippen LogP contribution in [0.1, 0.15) is 81.5 Å². The minimum atomic E-state index is -0.280. The summed E-state index contributed by atoms with van der Waals surface area (Å²) in [7, 11) is 0. The Balaban J connectivity index is 1.80. The Hall–Kier alpha value is -1.35. The molecule has 0 heterocycles. The molecule has 0 saturated heterocycles. The van der Waals surface area contributed by atoms with Gasteiger partial charge in [0.15, 0.2) is 0 Å². The second kappa shape index (κ2) is 15.2. The molecule has 0 unspecified atom stereocenters. The maximum atomic E-state index is 11.7. The average Bonchev–Trinajstić information content (AvgIpc) is 2.62. The molecule has 0 spiro atoms. The number of hydrogen-bond acceptors (Lipinski definition) is 3. The van der Waals surface area contributed by atoms with Crippen molar-refractivity contribution in [2.45, 2.75) is 71.1 Å². The van der Waals surface area contributed by atoms with E-state index in [2.05, 4.69) is 6.92 Å². The number of hydrogen-bond donors (Lipinski definition) is 0. The van der Waals surface area contributed by atoms with Crippen molar-refractivity contribution in [3.63, 3.8) is 0 Å². The lowest BCUT2D eigenvalue weighted by Gasteiger charge is -2.06. The van der Waals surface area contributed by atoms with Crippen LogP contribution < -0.4 is 0 Å². The number of benzene rings is 1. The standard InChI is InChI=1S/C21H34O3/c1-2-3-4-5-6-7-8-9-10-14-17-23-18-19-24-21(22)20-15-12-11-13-16-20/h11-13,15-16H,2-10,14,17-19H2,1H3. The smallest absolute Gasteiger partial charge is 0.338 e. The topological polar surface area (TPSA) is 35.5 Å². The monoisotopic (exact) mass is 334 g/mol. The van der Waals surface area contributed by atoms with Crippen molar-refractivity contribution in [3.8, 4) is 0 Å². The third-order valence-electron chi connectivity index (χ3n) is 4.11. The highest BCUT2D eigenvalue weighted by atomic mass is 16.6. The Morgan fingerprint density at radius 3 is 1.96 bits per heavy atom. The van der Waals surface area contributed by atoms with E-state index in [9.17, 15) is 4.79 Å². The number of esters is 1. The summed E-state index contributed by atoms with van der Waals surface area (Å²) in [6.07, 6.45) is 13.3. The second-order valence-corrected chi connectivity index (χ2v) is 6.30. The van der Waals surface area contributed by atoms with Crippen LogP contribution in [0.15, 0.2) is 30.3 Å². The van der Waals surface area contributed by atoms with Crippen molar-refractivity contribution in [1.82, 2.24) is 0 Å². The van der Waals surface area contributed by atoms with E-state index < -0.39 is 0 Å². The van der Waals surface area contributed by atoms with Crippen molar-refractivity contribution in [3.05, 3.63) is 35.9 Å². The van der Waals surface area contributed by atoms with Gasteiger partial charge in [0.25, 0.3) is 0 Å². The SMILES string of the molecule is CCCCCCCCCCCCOCCOC(=O)c1ccccc1. The van der Waals surface area contributed by atoms with Crippen LogP contribution in [0, 0.1) is 0 Å². The zero-order valence-electron chi connectivity index (χ0n) is 15.3. The van der Waals surface area contributed by atoms with Gasteiger partial charge in [-0.05, 0) is 18.6 Å². The lowest BCUT2D eigenvalue weighted by molar-refractivity contribution is 0.0312. The van der Waals surface area contributed by atoms with Crippen molar-refractivity contribution in [2.75, 3.05) is 19.8 Å². The summed E-state index contributed by atoms with van der Waals surface area (Å²) < 4.78 is 10.7. The predicted octanol–water partition coefficient (Wildman–Crippen LogP) is 5.78. The van der Waals surface area contributed by atoms with Crippen LogP contribution >= 0.6 is 0 Å². The fraction of sp³-hybridized carbons (Fsp3) is 0.667. The third kappa shape index (κ3) is 11.2. The number of carbonyl (C=O) groups excluding carboxylic acids is 1. The van der Waals surface area contributed by atoms with E-state index in [1.165, 1.54) is 57.8 Å². The first kappa shape index (κ1) is 20.7. The summed E-state index contributed by atoms with van der Waals surface area (Å²) in [5.74, 6) is -0.280.